The Hall–Kier alpha value is -1.40. The van der Waals surface area contributed by atoms with Gasteiger partial charge in [-0.05, 0) is 12.8 Å². The van der Waals surface area contributed by atoms with E-state index < -0.39 is 24.7 Å². The maximum atomic E-state index is 11.7. The average molecular weight is 254 g/mol. The summed E-state index contributed by atoms with van der Waals surface area (Å²) in [6.07, 6.45) is 1.77. The van der Waals surface area contributed by atoms with Crippen molar-refractivity contribution in [1.82, 2.24) is 0 Å². The molecule has 1 heterocycles. The lowest BCUT2D eigenvalue weighted by atomic mass is 9.85. The van der Waals surface area contributed by atoms with Crippen LogP contribution in [0.4, 0.5) is 0 Å². The molecule has 5 unspecified atom stereocenters. The van der Waals surface area contributed by atoms with Gasteiger partial charge in [0, 0.05) is 17.9 Å². The summed E-state index contributed by atoms with van der Waals surface area (Å²) in [7, 11) is 0. The van der Waals surface area contributed by atoms with Crippen LogP contribution in [0.5, 0.6) is 0 Å². The molecule has 3 aliphatic rings. The summed E-state index contributed by atoms with van der Waals surface area (Å²) in [6.45, 7) is 2.76. The molecule has 1 saturated heterocycles. The maximum absolute atomic E-state index is 11.7. The largest absolute Gasteiger partial charge is 0.452 e. The minimum absolute atomic E-state index is 0.0434. The van der Waals surface area contributed by atoms with E-state index in [1.807, 2.05) is 0 Å². The van der Waals surface area contributed by atoms with Crippen molar-refractivity contribution in [2.24, 2.45) is 17.8 Å². The van der Waals surface area contributed by atoms with Crippen molar-refractivity contribution in [3.05, 3.63) is 12.7 Å². The lowest BCUT2D eigenvalue weighted by molar-refractivity contribution is -0.288. The Bertz CT molecular complexity index is 419. The van der Waals surface area contributed by atoms with Crippen LogP contribution in [0.3, 0.4) is 0 Å². The molecule has 2 aliphatic carbocycles. The third kappa shape index (κ3) is 1.30. The number of rotatable bonds is 4. The number of carbonyl (C=O) groups is 2. The van der Waals surface area contributed by atoms with Gasteiger partial charge in [0.1, 0.15) is 6.79 Å². The van der Waals surface area contributed by atoms with Gasteiger partial charge in [-0.25, -0.2) is 4.79 Å². The number of aliphatic hydroxyl groups is 1. The molecule has 3 rings (SSSR count). The van der Waals surface area contributed by atoms with Gasteiger partial charge in [0.05, 0.1) is 5.92 Å². The third-order valence-corrected chi connectivity index (χ3v) is 4.20. The molecule has 0 aromatic heterocycles. The highest BCUT2D eigenvalue weighted by atomic mass is 16.8. The number of carbonyl (C=O) groups excluding carboxylic acids is 2. The topological polar surface area (TPSA) is 82.1 Å². The highest BCUT2D eigenvalue weighted by Gasteiger charge is 2.73. The molecule has 0 aromatic carbocycles. The Morgan fingerprint density at radius 2 is 2.39 bits per heavy atom. The van der Waals surface area contributed by atoms with E-state index in [1.165, 1.54) is 0 Å². The van der Waals surface area contributed by atoms with E-state index in [0.29, 0.717) is 12.8 Å². The minimum Gasteiger partial charge on any atom is -0.452 e. The van der Waals surface area contributed by atoms with Crippen molar-refractivity contribution >= 4 is 11.9 Å². The van der Waals surface area contributed by atoms with Gasteiger partial charge in [0.2, 0.25) is 0 Å². The Morgan fingerprint density at radius 3 is 3.06 bits per heavy atom. The zero-order valence-electron chi connectivity index (χ0n) is 9.70. The Labute approximate surface area is 104 Å². The van der Waals surface area contributed by atoms with Crippen molar-refractivity contribution < 1.29 is 28.9 Å². The van der Waals surface area contributed by atoms with Gasteiger partial charge in [0.25, 0.3) is 5.79 Å². The maximum Gasteiger partial charge on any atom is 0.330 e. The van der Waals surface area contributed by atoms with Crippen LogP contribution in [0.25, 0.3) is 0 Å². The monoisotopic (exact) mass is 254 g/mol. The van der Waals surface area contributed by atoms with Crippen LogP contribution >= 0.6 is 0 Å². The van der Waals surface area contributed by atoms with Crippen molar-refractivity contribution in [3.63, 3.8) is 0 Å². The average Bonchev–Trinajstić information content (AvgIpc) is 2.93. The molecule has 98 valence electrons. The van der Waals surface area contributed by atoms with Crippen molar-refractivity contribution in [2.75, 3.05) is 6.79 Å². The number of aliphatic hydroxyl groups excluding tert-OH is 1. The van der Waals surface area contributed by atoms with E-state index in [0.717, 1.165) is 6.08 Å². The van der Waals surface area contributed by atoms with Crippen LogP contribution in [-0.2, 0) is 23.8 Å². The fourth-order valence-electron chi connectivity index (χ4n) is 3.61. The Balaban J connectivity index is 1.92. The summed E-state index contributed by atoms with van der Waals surface area (Å²) >= 11 is 0. The van der Waals surface area contributed by atoms with E-state index in [9.17, 15) is 9.59 Å². The van der Waals surface area contributed by atoms with E-state index in [2.05, 4.69) is 6.58 Å². The highest BCUT2D eigenvalue weighted by Crippen LogP contribution is 2.61. The smallest absolute Gasteiger partial charge is 0.330 e. The van der Waals surface area contributed by atoms with Gasteiger partial charge in [-0.3, -0.25) is 4.79 Å². The number of fused-ring (bicyclic) bond motifs is 1. The number of esters is 2. The van der Waals surface area contributed by atoms with Gasteiger partial charge in [-0.1, -0.05) is 6.58 Å². The molecule has 6 nitrogen and oxygen atoms in total. The number of hydrogen-bond donors (Lipinski definition) is 1. The lowest BCUT2D eigenvalue weighted by Crippen LogP contribution is -2.51. The molecule has 3 fully saturated rings. The molecule has 1 aliphatic heterocycles. The molecule has 2 bridgehead atoms. The molecule has 1 N–H and O–H groups in total. The van der Waals surface area contributed by atoms with Gasteiger partial charge in [0.15, 0.2) is 6.10 Å². The first-order chi connectivity index (χ1) is 8.62. The summed E-state index contributed by atoms with van der Waals surface area (Å²) in [6, 6.07) is 0. The second kappa shape index (κ2) is 3.80. The number of hydrogen-bond acceptors (Lipinski definition) is 6. The van der Waals surface area contributed by atoms with Crippen LogP contribution in [0.1, 0.15) is 12.8 Å². The molecular weight excluding hydrogens is 240 g/mol. The van der Waals surface area contributed by atoms with E-state index >= 15 is 0 Å². The van der Waals surface area contributed by atoms with Crippen molar-refractivity contribution in [3.8, 4) is 0 Å². The molecule has 0 spiro atoms. The Morgan fingerprint density at radius 1 is 1.61 bits per heavy atom. The van der Waals surface area contributed by atoms with Gasteiger partial charge < -0.3 is 19.3 Å². The van der Waals surface area contributed by atoms with Crippen molar-refractivity contribution in [1.29, 1.82) is 0 Å². The van der Waals surface area contributed by atoms with Gasteiger partial charge in [-0.15, -0.1) is 0 Å². The fourth-order valence-corrected chi connectivity index (χ4v) is 3.61. The van der Waals surface area contributed by atoms with E-state index in [4.69, 9.17) is 19.3 Å². The summed E-state index contributed by atoms with van der Waals surface area (Å²) in [5.74, 6) is -2.48. The minimum atomic E-state index is -1.29. The molecule has 5 atom stereocenters. The van der Waals surface area contributed by atoms with Crippen LogP contribution < -0.4 is 0 Å². The van der Waals surface area contributed by atoms with Gasteiger partial charge >= 0.3 is 11.9 Å². The summed E-state index contributed by atoms with van der Waals surface area (Å²) in [4.78, 5) is 23.1. The van der Waals surface area contributed by atoms with Crippen LogP contribution in [0.2, 0.25) is 0 Å². The Kier molecular flexibility index (Phi) is 2.46. The first-order valence-electron chi connectivity index (χ1n) is 5.93. The van der Waals surface area contributed by atoms with Crippen LogP contribution in [-0.4, -0.2) is 35.7 Å². The zero-order valence-corrected chi connectivity index (χ0v) is 9.70. The highest BCUT2D eigenvalue weighted by molar-refractivity contribution is 5.82. The quantitative estimate of drug-likeness (QED) is 0.430. The predicted octanol–water partition coefficient (Wildman–Crippen LogP) is -0.0403. The summed E-state index contributed by atoms with van der Waals surface area (Å²) < 4.78 is 15.8. The summed E-state index contributed by atoms with van der Waals surface area (Å²) in [5, 5.41) is 8.99. The van der Waals surface area contributed by atoms with Crippen LogP contribution in [0.15, 0.2) is 12.7 Å². The molecule has 0 radical (unpaired) electrons. The number of ether oxygens (including phenoxy) is 3. The van der Waals surface area contributed by atoms with Crippen LogP contribution in [0, 0.1) is 17.8 Å². The molecule has 6 heteroatoms. The van der Waals surface area contributed by atoms with E-state index in [1.54, 1.807) is 0 Å². The second-order valence-electron chi connectivity index (χ2n) is 4.92. The molecular formula is C12H14O6. The summed E-state index contributed by atoms with van der Waals surface area (Å²) in [5.41, 5.74) is 0. The first kappa shape index (κ1) is 11.7. The van der Waals surface area contributed by atoms with E-state index in [-0.39, 0.29) is 23.7 Å². The lowest BCUT2D eigenvalue weighted by Gasteiger charge is -2.35. The fraction of sp³-hybridized carbons (Fsp3) is 0.667. The predicted molar refractivity (Wildman–Crippen MR) is 56.8 cm³/mol. The molecule has 0 aromatic rings. The zero-order chi connectivity index (χ0) is 12.9. The standard InChI is InChI=1S/C12H14O6/c1-2-9(14)17-10-6-3-7-8(4-6)12(10,16-5-13)18-11(7)15/h2,6-8,10,13H,1,3-5H2. The first-order valence-corrected chi connectivity index (χ1v) is 5.93. The molecule has 0 amide bonds. The molecule has 18 heavy (non-hydrogen) atoms. The van der Waals surface area contributed by atoms with Gasteiger partial charge in [-0.2, -0.15) is 0 Å². The normalized spacial score (nSPS) is 43.9. The second-order valence-corrected chi connectivity index (χ2v) is 4.92. The SMILES string of the molecule is C=CC(=O)OC1C2CC3C(=O)OC1(OCO)C3C2. The third-order valence-electron chi connectivity index (χ3n) is 4.20. The van der Waals surface area contributed by atoms with Crippen molar-refractivity contribution in [2.45, 2.75) is 24.7 Å². The molecule has 2 saturated carbocycles.